The predicted octanol–water partition coefficient (Wildman–Crippen LogP) is 3.07. The maximum atomic E-state index is 11.6. The van der Waals surface area contributed by atoms with Crippen molar-refractivity contribution in [3.05, 3.63) is 36.2 Å². The third-order valence-corrected chi connectivity index (χ3v) is 1.86. The molecule has 0 bridgehead atoms. The fraction of sp³-hybridized carbons (Fsp3) is 0.385. The zero-order valence-electron chi connectivity index (χ0n) is 10.2. The molecular weight excluding hydrogens is 202 g/mol. The maximum Gasteiger partial charge on any atom is 0.357 e. The van der Waals surface area contributed by atoms with E-state index < -0.39 is 11.6 Å². The normalized spacial score (nSPS) is 11.0. The lowest BCUT2D eigenvalue weighted by atomic mass is 10.1. The van der Waals surface area contributed by atoms with Gasteiger partial charge in [-0.15, -0.1) is 0 Å². The number of aromatic nitrogens is 1. The molecule has 1 rings (SSSR count). The van der Waals surface area contributed by atoms with E-state index in [1.54, 1.807) is 12.3 Å². The summed E-state index contributed by atoms with van der Waals surface area (Å²) in [6.07, 6.45) is 1.63. The third kappa shape index (κ3) is 3.50. The molecule has 0 N–H and O–H groups in total. The molecule has 0 fully saturated rings. The molecule has 0 spiro atoms. The van der Waals surface area contributed by atoms with Crippen molar-refractivity contribution in [1.29, 1.82) is 0 Å². The fourth-order valence-corrected chi connectivity index (χ4v) is 1.10. The van der Waals surface area contributed by atoms with Crippen LogP contribution in [0, 0.1) is 0 Å². The Balaban J connectivity index is 2.82. The van der Waals surface area contributed by atoms with E-state index in [2.05, 4.69) is 11.6 Å². The van der Waals surface area contributed by atoms with E-state index in [0.29, 0.717) is 5.69 Å². The standard InChI is InChI=1S/C13H17NO2/c1-9(2)10-6-7-11(14-8-10)12(15)16-13(3,4)5/h6-8H,1H2,2-5H3. The fourth-order valence-electron chi connectivity index (χ4n) is 1.10. The largest absolute Gasteiger partial charge is 0.455 e. The first kappa shape index (κ1) is 12.4. The Morgan fingerprint density at radius 2 is 2.00 bits per heavy atom. The number of hydrogen-bond acceptors (Lipinski definition) is 3. The minimum atomic E-state index is -0.494. The van der Waals surface area contributed by atoms with Gasteiger partial charge in [-0.2, -0.15) is 0 Å². The van der Waals surface area contributed by atoms with Crippen molar-refractivity contribution >= 4 is 11.5 Å². The van der Waals surface area contributed by atoms with E-state index in [9.17, 15) is 4.79 Å². The van der Waals surface area contributed by atoms with Crippen LogP contribution in [0.5, 0.6) is 0 Å². The van der Waals surface area contributed by atoms with Crippen LogP contribution in [0.1, 0.15) is 43.7 Å². The third-order valence-electron chi connectivity index (χ3n) is 1.86. The smallest absolute Gasteiger partial charge is 0.357 e. The zero-order valence-corrected chi connectivity index (χ0v) is 10.2. The van der Waals surface area contributed by atoms with Gasteiger partial charge >= 0.3 is 5.97 Å². The van der Waals surface area contributed by atoms with E-state index in [1.165, 1.54) is 0 Å². The summed E-state index contributed by atoms with van der Waals surface area (Å²) in [6, 6.07) is 3.46. The van der Waals surface area contributed by atoms with E-state index in [1.807, 2.05) is 33.8 Å². The SMILES string of the molecule is C=C(C)c1ccc(C(=O)OC(C)(C)C)nc1. The average Bonchev–Trinajstić information content (AvgIpc) is 2.15. The number of esters is 1. The Bertz CT molecular complexity index is 399. The van der Waals surface area contributed by atoms with Gasteiger partial charge in [0.1, 0.15) is 11.3 Å². The second-order valence-electron chi connectivity index (χ2n) is 4.71. The summed E-state index contributed by atoms with van der Waals surface area (Å²) in [5, 5.41) is 0. The summed E-state index contributed by atoms with van der Waals surface area (Å²) in [7, 11) is 0. The Kier molecular flexibility index (Phi) is 3.48. The summed E-state index contributed by atoms with van der Waals surface area (Å²) in [4.78, 5) is 15.7. The Morgan fingerprint density at radius 3 is 2.38 bits per heavy atom. The van der Waals surface area contributed by atoms with Crippen LogP contribution in [0.25, 0.3) is 5.57 Å². The number of nitrogens with zero attached hydrogens (tertiary/aromatic N) is 1. The van der Waals surface area contributed by atoms with E-state index in [0.717, 1.165) is 11.1 Å². The first-order chi connectivity index (χ1) is 7.29. The Morgan fingerprint density at radius 1 is 1.38 bits per heavy atom. The first-order valence-corrected chi connectivity index (χ1v) is 5.15. The number of rotatable bonds is 2. The van der Waals surface area contributed by atoms with Crippen LogP contribution in [0.2, 0.25) is 0 Å². The number of hydrogen-bond donors (Lipinski definition) is 0. The average molecular weight is 219 g/mol. The summed E-state index contributed by atoms with van der Waals surface area (Å²) in [5.74, 6) is -0.402. The lowest BCUT2D eigenvalue weighted by Crippen LogP contribution is -2.24. The highest BCUT2D eigenvalue weighted by atomic mass is 16.6. The van der Waals surface area contributed by atoms with E-state index >= 15 is 0 Å². The summed E-state index contributed by atoms with van der Waals surface area (Å²) >= 11 is 0. The van der Waals surface area contributed by atoms with Crippen LogP contribution in [-0.2, 0) is 4.74 Å². The molecule has 3 nitrogen and oxygen atoms in total. The lowest BCUT2D eigenvalue weighted by Gasteiger charge is -2.19. The van der Waals surface area contributed by atoms with Gasteiger partial charge in [-0.25, -0.2) is 9.78 Å². The molecule has 86 valence electrons. The minimum absolute atomic E-state index is 0.319. The van der Waals surface area contributed by atoms with Crippen LogP contribution in [0.15, 0.2) is 24.9 Å². The van der Waals surface area contributed by atoms with Gasteiger partial charge in [0.15, 0.2) is 0 Å². The van der Waals surface area contributed by atoms with Crippen molar-refractivity contribution in [2.24, 2.45) is 0 Å². The molecule has 0 aromatic carbocycles. The molecule has 1 aromatic heterocycles. The van der Waals surface area contributed by atoms with Crippen molar-refractivity contribution in [2.75, 3.05) is 0 Å². The van der Waals surface area contributed by atoms with Crippen molar-refractivity contribution in [2.45, 2.75) is 33.3 Å². The molecule has 1 aromatic rings. The quantitative estimate of drug-likeness (QED) is 0.717. The maximum absolute atomic E-state index is 11.6. The van der Waals surface area contributed by atoms with Crippen LogP contribution in [0.3, 0.4) is 0 Å². The lowest BCUT2D eigenvalue weighted by molar-refractivity contribution is 0.00629. The number of carbonyl (C=O) groups excluding carboxylic acids is 1. The second-order valence-corrected chi connectivity index (χ2v) is 4.71. The van der Waals surface area contributed by atoms with E-state index in [4.69, 9.17) is 4.74 Å². The highest BCUT2D eigenvalue weighted by Crippen LogP contribution is 2.13. The van der Waals surface area contributed by atoms with Gasteiger partial charge in [0.05, 0.1) is 0 Å². The molecule has 0 radical (unpaired) electrons. The number of pyridine rings is 1. The van der Waals surface area contributed by atoms with Crippen LogP contribution >= 0.6 is 0 Å². The summed E-state index contributed by atoms with van der Waals surface area (Å²) in [5.41, 5.74) is 1.67. The second kappa shape index (κ2) is 4.47. The van der Waals surface area contributed by atoms with Crippen molar-refractivity contribution < 1.29 is 9.53 Å². The van der Waals surface area contributed by atoms with Crippen LogP contribution in [0.4, 0.5) is 0 Å². The number of ether oxygens (including phenoxy) is 1. The van der Waals surface area contributed by atoms with E-state index in [-0.39, 0.29) is 0 Å². The molecule has 0 saturated carbocycles. The zero-order chi connectivity index (χ0) is 12.3. The van der Waals surface area contributed by atoms with Gasteiger partial charge in [0.25, 0.3) is 0 Å². The minimum Gasteiger partial charge on any atom is -0.455 e. The highest BCUT2D eigenvalue weighted by molar-refractivity contribution is 5.87. The molecule has 0 unspecified atom stereocenters. The van der Waals surface area contributed by atoms with Gasteiger partial charge in [-0.1, -0.05) is 12.6 Å². The highest BCUT2D eigenvalue weighted by Gasteiger charge is 2.18. The molecule has 0 amide bonds. The molecule has 3 heteroatoms. The van der Waals surface area contributed by atoms with Crippen molar-refractivity contribution in [3.8, 4) is 0 Å². The monoisotopic (exact) mass is 219 g/mol. The van der Waals surface area contributed by atoms with Crippen molar-refractivity contribution in [3.63, 3.8) is 0 Å². The Labute approximate surface area is 96.2 Å². The van der Waals surface area contributed by atoms with Crippen LogP contribution in [-0.4, -0.2) is 16.6 Å². The summed E-state index contributed by atoms with van der Waals surface area (Å²) in [6.45, 7) is 11.2. The predicted molar refractivity (Wildman–Crippen MR) is 64.1 cm³/mol. The van der Waals surface area contributed by atoms with Gasteiger partial charge < -0.3 is 4.74 Å². The molecule has 0 aliphatic heterocycles. The van der Waals surface area contributed by atoms with Gasteiger partial charge in [0.2, 0.25) is 0 Å². The number of carbonyl (C=O) groups is 1. The van der Waals surface area contributed by atoms with Gasteiger partial charge in [-0.3, -0.25) is 0 Å². The van der Waals surface area contributed by atoms with Crippen molar-refractivity contribution in [1.82, 2.24) is 4.98 Å². The molecule has 0 atom stereocenters. The summed E-state index contributed by atoms with van der Waals surface area (Å²) < 4.78 is 5.20. The molecule has 0 aliphatic carbocycles. The molecule has 0 saturated heterocycles. The molecular formula is C13H17NO2. The number of allylic oxidation sites excluding steroid dienone is 1. The molecule has 16 heavy (non-hydrogen) atoms. The Hall–Kier alpha value is -1.64. The first-order valence-electron chi connectivity index (χ1n) is 5.15. The molecule has 0 aliphatic rings. The van der Waals surface area contributed by atoms with Crippen LogP contribution < -0.4 is 0 Å². The van der Waals surface area contributed by atoms with Gasteiger partial charge in [-0.05, 0) is 44.9 Å². The molecule has 1 heterocycles. The van der Waals surface area contributed by atoms with Gasteiger partial charge in [0, 0.05) is 6.20 Å². The topological polar surface area (TPSA) is 39.2 Å².